The van der Waals surface area contributed by atoms with Gasteiger partial charge in [-0.2, -0.15) is 0 Å². The molecule has 0 amide bonds. The maximum Gasteiger partial charge on any atom is -0.0162 e. The van der Waals surface area contributed by atoms with Gasteiger partial charge in [0, 0.05) is 0 Å². The van der Waals surface area contributed by atoms with Crippen LogP contribution in [0.15, 0.2) is 24.3 Å². The molecule has 0 heterocycles. The van der Waals surface area contributed by atoms with Gasteiger partial charge in [0.1, 0.15) is 0 Å². The Hall–Kier alpha value is -0.780. The molecule has 0 aromatic heterocycles. The van der Waals surface area contributed by atoms with Crippen molar-refractivity contribution in [1.29, 1.82) is 0 Å². The Morgan fingerprint density at radius 2 is 1.71 bits per heavy atom. The van der Waals surface area contributed by atoms with E-state index >= 15 is 0 Å². The fraction of sp³-hybridized carbons (Fsp3) is 0.571. The van der Waals surface area contributed by atoms with E-state index in [1.807, 2.05) is 13.8 Å². The van der Waals surface area contributed by atoms with Gasteiger partial charge in [-0.15, -0.1) is 0 Å². The smallest absolute Gasteiger partial charge is 0.0162 e. The molecule has 14 heavy (non-hydrogen) atoms. The van der Waals surface area contributed by atoms with Crippen LogP contribution in [-0.2, 0) is 0 Å². The van der Waals surface area contributed by atoms with Gasteiger partial charge in [0.05, 0.1) is 0 Å². The number of hydrogen-bond donors (Lipinski definition) is 0. The van der Waals surface area contributed by atoms with Crippen LogP contribution in [0.25, 0.3) is 0 Å². The second-order valence-corrected chi connectivity index (χ2v) is 3.90. The van der Waals surface area contributed by atoms with Crippen LogP contribution in [0.2, 0.25) is 0 Å². The molecular weight excluding hydrogens is 168 g/mol. The molecule has 0 saturated heterocycles. The highest BCUT2D eigenvalue weighted by molar-refractivity contribution is 5.25. The third-order valence-electron chi connectivity index (χ3n) is 2.87. The maximum atomic E-state index is 2.34. The van der Waals surface area contributed by atoms with E-state index in [1.165, 1.54) is 31.2 Å². The van der Waals surface area contributed by atoms with E-state index in [9.17, 15) is 0 Å². The van der Waals surface area contributed by atoms with Crippen molar-refractivity contribution in [2.45, 2.75) is 52.4 Å². The van der Waals surface area contributed by atoms with Crippen LogP contribution >= 0.6 is 0 Å². The summed E-state index contributed by atoms with van der Waals surface area (Å²) in [6, 6.07) is 8.99. The first-order chi connectivity index (χ1) is 6.86. The van der Waals surface area contributed by atoms with Crippen molar-refractivity contribution in [1.82, 2.24) is 0 Å². The molecule has 0 radical (unpaired) electrons. The van der Waals surface area contributed by atoms with Crippen LogP contribution in [0.3, 0.4) is 0 Å². The number of aryl methyl sites for hydroxylation is 1. The van der Waals surface area contributed by atoms with E-state index in [0.29, 0.717) is 0 Å². The SMILES string of the molecule is CC.Cc1cccc(C2CCCC2)c1. The van der Waals surface area contributed by atoms with Gasteiger partial charge >= 0.3 is 0 Å². The zero-order chi connectivity index (χ0) is 10.4. The quantitative estimate of drug-likeness (QED) is 0.603. The summed E-state index contributed by atoms with van der Waals surface area (Å²) in [7, 11) is 0. The largest absolute Gasteiger partial charge is 0.0683 e. The van der Waals surface area contributed by atoms with Crippen LogP contribution in [0.5, 0.6) is 0 Å². The Morgan fingerprint density at radius 1 is 1.07 bits per heavy atom. The lowest BCUT2D eigenvalue weighted by atomic mass is 9.96. The Bertz CT molecular complexity index is 256. The molecule has 0 spiro atoms. The second kappa shape index (κ2) is 5.85. The lowest BCUT2D eigenvalue weighted by Crippen LogP contribution is -1.91. The Labute approximate surface area is 88.4 Å². The summed E-state index contributed by atoms with van der Waals surface area (Å²) in [6.07, 6.45) is 5.67. The third-order valence-corrected chi connectivity index (χ3v) is 2.87. The van der Waals surface area contributed by atoms with Gasteiger partial charge in [-0.1, -0.05) is 56.5 Å². The summed E-state index contributed by atoms with van der Waals surface area (Å²) < 4.78 is 0. The molecular formula is C14H22. The molecule has 0 aliphatic heterocycles. The van der Waals surface area contributed by atoms with Gasteiger partial charge in [0.25, 0.3) is 0 Å². The molecule has 1 aliphatic carbocycles. The fourth-order valence-electron chi connectivity index (χ4n) is 2.18. The average molecular weight is 190 g/mol. The monoisotopic (exact) mass is 190 g/mol. The molecule has 1 aliphatic rings. The van der Waals surface area contributed by atoms with Crippen LogP contribution in [0.4, 0.5) is 0 Å². The van der Waals surface area contributed by atoms with Gasteiger partial charge in [0.2, 0.25) is 0 Å². The van der Waals surface area contributed by atoms with Crippen LogP contribution in [0.1, 0.15) is 56.6 Å². The molecule has 1 saturated carbocycles. The number of hydrogen-bond acceptors (Lipinski definition) is 0. The average Bonchev–Trinajstić information content (AvgIpc) is 2.74. The first-order valence-electron chi connectivity index (χ1n) is 5.93. The molecule has 0 N–H and O–H groups in total. The minimum Gasteiger partial charge on any atom is -0.0683 e. The van der Waals surface area contributed by atoms with Gasteiger partial charge in [-0.25, -0.2) is 0 Å². The molecule has 78 valence electrons. The highest BCUT2D eigenvalue weighted by atomic mass is 14.2. The number of rotatable bonds is 1. The van der Waals surface area contributed by atoms with Crippen molar-refractivity contribution in [3.8, 4) is 0 Å². The molecule has 1 fully saturated rings. The lowest BCUT2D eigenvalue weighted by Gasteiger charge is -2.09. The zero-order valence-corrected chi connectivity index (χ0v) is 9.72. The predicted octanol–water partition coefficient (Wildman–Crippen LogP) is 4.68. The van der Waals surface area contributed by atoms with Crippen molar-refractivity contribution < 1.29 is 0 Å². The predicted molar refractivity (Wildman–Crippen MR) is 63.7 cm³/mol. The van der Waals surface area contributed by atoms with E-state index in [0.717, 1.165) is 5.92 Å². The second-order valence-electron chi connectivity index (χ2n) is 3.90. The van der Waals surface area contributed by atoms with Gasteiger partial charge < -0.3 is 0 Å². The van der Waals surface area contributed by atoms with Crippen molar-refractivity contribution in [3.63, 3.8) is 0 Å². The van der Waals surface area contributed by atoms with Gasteiger partial charge in [0.15, 0.2) is 0 Å². The summed E-state index contributed by atoms with van der Waals surface area (Å²) in [5.41, 5.74) is 2.96. The van der Waals surface area contributed by atoms with Gasteiger partial charge in [-0.3, -0.25) is 0 Å². The zero-order valence-electron chi connectivity index (χ0n) is 9.72. The van der Waals surface area contributed by atoms with E-state index in [1.54, 1.807) is 5.56 Å². The molecule has 0 atom stereocenters. The standard InChI is InChI=1S/C12H16.C2H6/c1-10-5-4-8-12(9-10)11-6-2-3-7-11;1-2/h4-5,8-9,11H,2-3,6-7H2,1H3;1-2H3. The molecule has 0 nitrogen and oxygen atoms in total. The Kier molecular flexibility index (Phi) is 4.72. The summed E-state index contributed by atoms with van der Waals surface area (Å²) in [4.78, 5) is 0. The molecule has 1 aromatic carbocycles. The van der Waals surface area contributed by atoms with Crippen molar-refractivity contribution in [2.24, 2.45) is 0 Å². The van der Waals surface area contributed by atoms with Crippen LogP contribution in [0, 0.1) is 6.92 Å². The molecule has 2 rings (SSSR count). The van der Waals surface area contributed by atoms with Gasteiger partial charge in [-0.05, 0) is 31.2 Å². The van der Waals surface area contributed by atoms with E-state index in [2.05, 4.69) is 31.2 Å². The topological polar surface area (TPSA) is 0 Å². The van der Waals surface area contributed by atoms with Crippen LogP contribution in [-0.4, -0.2) is 0 Å². The van der Waals surface area contributed by atoms with E-state index in [-0.39, 0.29) is 0 Å². The van der Waals surface area contributed by atoms with E-state index in [4.69, 9.17) is 0 Å². The molecule has 1 aromatic rings. The molecule has 0 bridgehead atoms. The summed E-state index contributed by atoms with van der Waals surface area (Å²) in [5, 5.41) is 0. The normalized spacial score (nSPS) is 16.2. The maximum absolute atomic E-state index is 2.34. The molecule has 0 unspecified atom stereocenters. The Morgan fingerprint density at radius 3 is 2.29 bits per heavy atom. The van der Waals surface area contributed by atoms with Crippen LogP contribution < -0.4 is 0 Å². The first kappa shape index (κ1) is 11.3. The highest BCUT2D eigenvalue weighted by Crippen LogP contribution is 2.33. The molecule has 0 heteroatoms. The minimum absolute atomic E-state index is 0.866. The van der Waals surface area contributed by atoms with E-state index < -0.39 is 0 Å². The summed E-state index contributed by atoms with van der Waals surface area (Å²) >= 11 is 0. The van der Waals surface area contributed by atoms with Crippen molar-refractivity contribution in [2.75, 3.05) is 0 Å². The minimum atomic E-state index is 0.866. The first-order valence-corrected chi connectivity index (χ1v) is 5.93. The number of benzene rings is 1. The van der Waals surface area contributed by atoms with Crippen molar-refractivity contribution >= 4 is 0 Å². The fourth-order valence-corrected chi connectivity index (χ4v) is 2.18. The summed E-state index contributed by atoms with van der Waals surface area (Å²) in [5.74, 6) is 0.866. The lowest BCUT2D eigenvalue weighted by molar-refractivity contribution is 0.722. The van der Waals surface area contributed by atoms with Crippen molar-refractivity contribution in [3.05, 3.63) is 35.4 Å². The third kappa shape index (κ3) is 2.87. The Balaban J connectivity index is 0.000000461. The summed E-state index contributed by atoms with van der Waals surface area (Å²) in [6.45, 7) is 6.18. The highest BCUT2D eigenvalue weighted by Gasteiger charge is 2.16.